The lowest BCUT2D eigenvalue weighted by Crippen LogP contribution is -1.96. The first kappa shape index (κ1) is 15.7. The Kier molecular flexibility index (Phi) is 5.94. The van der Waals surface area contributed by atoms with Crippen molar-refractivity contribution < 1.29 is 4.21 Å². The van der Waals surface area contributed by atoms with E-state index in [-0.39, 0.29) is 0 Å². The lowest BCUT2D eigenvalue weighted by atomic mass is 10.1. The van der Waals surface area contributed by atoms with Gasteiger partial charge in [0.1, 0.15) is 0 Å². The summed E-state index contributed by atoms with van der Waals surface area (Å²) >= 11 is 0. The number of hydrogen-bond acceptors (Lipinski definition) is 1. The normalized spacial score (nSPS) is 13.1. The molecule has 0 aliphatic carbocycles. The van der Waals surface area contributed by atoms with E-state index in [1.54, 1.807) is 0 Å². The lowest BCUT2D eigenvalue weighted by molar-refractivity contribution is 0.689. The molecule has 0 aliphatic heterocycles. The highest BCUT2D eigenvalue weighted by Crippen LogP contribution is 2.25. The summed E-state index contributed by atoms with van der Waals surface area (Å²) in [6.45, 7) is 4.22. The molecule has 1 atom stereocenters. The molecule has 2 aromatic rings. The van der Waals surface area contributed by atoms with E-state index in [2.05, 4.69) is 13.0 Å². The molecule has 21 heavy (non-hydrogen) atoms. The van der Waals surface area contributed by atoms with Crippen LogP contribution in [0.15, 0.2) is 65.6 Å². The summed E-state index contributed by atoms with van der Waals surface area (Å²) in [5.74, 6) is 0. The zero-order valence-electron chi connectivity index (χ0n) is 12.7. The van der Waals surface area contributed by atoms with E-state index >= 15 is 0 Å². The summed E-state index contributed by atoms with van der Waals surface area (Å²) in [4.78, 5) is 1.79. The third-order valence-electron chi connectivity index (χ3n) is 3.38. The minimum atomic E-state index is -1.12. The van der Waals surface area contributed by atoms with Crippen LogP contribution in [-0.2, 0) is 10.8 Å². The van der Waals surface area contributed by atoms with Crippen molar-refractivity contribution in [3.8, 4) is 0 Å². The standard InChI is InChI=1S/C19H22OS/c1-3-4-6-11-19(17-9-7-5-8-10-17)21(20)18-14-12-16(2)13-15-18/h5,7-15H,3-4,6H2,1-2H3/b19-11-/t21-/m0/s1. The van der Waals surface area contributed by atoms with Gasteiger partial charge in [-0.25, -0.2) is 4.21 Å². The van der Waals surface area contributed by atoms with Crippen molar-refractivity contribution in [1.29, 1.82) is 0 Å². The smallest absolute Gasteiger partial charge is 0.0852 e. The second-order valence-corrected chi connectivity index (χ2v) is 6.61. The predicted molar refractivity (Wildman–Crippen MR) is 91.5 cm³/mol. The van der Waals surface area contributed by atoms with Crippen molar-refractivity contribution in [3.63, 3.8) is 0 Å². The predicted octanol–water partition coefficient (Wildman–Crippen LogP) is 5.33. The fourth-order valence-corrected chi connectivity index (χ4v) is 3.39. The van der Waals surface area contributed by atoms with Crippen LogP contribution in [-0.4, -0.2) is 4.21 Å². The van der Waals surface area contributed by atoms with Crippen LogP contribution in [0.4, 0.5) is 0 Å². The van der Waals surface area contributed by atoms with Crippen molar-refractivity contribution in [2.45, 2.75) is 38.0 Å². The monoisotopic (exact) mass is 298 g/mol. The van der Waals surface area contributed by atoms with Crippen molar-refractivity contribution >= 4 is 15.7 Å². The second kappa shape index (κ2) is 7.94. The number of aryl methyl sites for hydroxylation is 1. The third-order valence-corrected chi connectivity index (χ3v) is 4.88. The first-order valence-corrected chi connectivity index (χ1v) is 8.61. The van der Waals surface area contributed by atoms with Crippen LogP contribution in [0.3, 0.4) is 0 Å². The van der Waals surface area contributed by atoms with E-state index < -0.39 is 10.8 Å². The van der Waals surface area contributed by atoms with Gasteiger partial charge >= 0.3 is 0 Å². The molecule has 0 bridgehead atoms. The van der Waals surface area contributed by atoms with Gasteiger partial charge in [-0.1, -0.05) is 73.9 Å². The average Bonchev–Trinajstić information content (AvgIpc) is 2.53. The molecule has 0 aliphatic rings. The highest BCUT2D eigenvalue weighted by molar-refractivity contribution is 7.94. The van der Waals surface area contributed by atoms with Crippen LogP contribution in [0.1, 0.15) is 37.3 Å². The van der Waals surface area contributed by atoms with Crippen molar-refractivity contribution in [2.24, 2.45) is 0 Å². The minimum Gasteiger partial charge on any atom is -0.249 e. The highest BCUT2D eigenvalue weighted by atomic mass is 32.2. The van der Waals surface area contributed by atoms with Crippen LogP contribution in [0, 0.1) is 6.92 Å². The van der Waals surface area contributed by atoms with Crippen molar-refractivity contribution in [1.82, 2.24) is 0 Å². The Morgan fingerprint density at radius 2 is 1.71 bits per heavy atom. The molecule has 0 amide bonds. The molecule has 0 saturated heterocycles. The number of unbranched alkanes of at least 4 members (excludes halogenated alkanes) is 2. The van der Waals surface area contributed by atoms with Crippen LogP contribution in [0.25, 0.3) is 4.91 Å². The molecule has 0 N–H and O–H groups in total. The molecule has 2 aromatic carbocycles. The molecule has 0 fully saturated rings. The average molecular weight is 298 g/mol. The molecule has 2 rings (SSSR count). The molecule has 0 spiro atoms. The molecule has 0 radical (unpaired) electrons. The van der Waals surface area contributed by atoms with Gasteiger partial charge in [0.05, 0.1) is 10.8 Å². The first-order chi connectivity index (χ1) is 10.2. The van der Waals surface area contributed by atoms with E-state index in [0.29, 0.717) is 0 Å². The van der Waals surface area contributed by atoms with Gasteiger partial charge < -0.3 is 0 Å². The number of allylic oxidation sites excluding steroid dienone is 1. The zero-order chi connectivity index (χ0) is 15.1. The maximum atomic E-state index is 12.9. The Labute approximate surface area is 130 Å². The molecule has 0 aromatic heterocycles. The van der Waals surface area contributed by atoms with E-state index in [4.69, 9.17) is 0 Å². The Bertz CT molecular complexity index is 612. The van der Waals surface area contributed by atoms with Gasteiger partial charge in [-0.15, -0.1) is 0 Å². The summed E-state index contributed by atoms with van der Waals surface area (Å²) in [7, 11) is -1.12. The molecule has 0 saturated carbocycles. The SMILES string of the molecule is CCCC/C=C(/c1ccccc1)[S@@](=O)c1ccc(C)cc1. The third kappa shape index (κ3) is 4.40. The van der Waals surface area contributed by atoms with Gasteiger partial charge in [-0.05, 0) is 31.0 Å². The van der Waals surface area contributed by atoms with Gasteiger partial charge in [-0.2, -0.15) is 0 Å². The van der Waals surface area contributed by atoms with E-state index in [0.717, 1.165) is 34.6 Å². The summed E-state index contributed by atoms with van der Waals surface area (Å²) < 4.78 is 12.9. The molecule has 0 unspecified atom stereocenters. The molecular weight excluding hydrogens is 276 g/mol. The summed E-state index contributed by atoms with van der Waals surface area (Å²) in [6.07, 6.45) is 5.38. The summed E-state index contributed by atoms with van der Waals surface area (Å²) in [5, 5.41) is 0. The van der Waals surface area contributed by atoms with Crippen LogP contribution in [0.2, 0.25) is 0 Å². The first-order valence-electron chi connectivity index (χ1n) is 7.46. The molecule has 1 nitrogen and oxygen atoms in total. The minimum absolute atomic E-state index is 0.868. The maximum absolute atomic E-state index is 12.9. The van der Waals surface area contributed by atoms with Crippen LogP contribution < -0.4 is 0 Å². The lowest BCUT2D eigenvalue weighted by Gasteiger charge is -2.09. The van der Waals surface area contributed by atoms with Gasteiger partial charge in [0.15, 0.2) is 0 Å². The molecule has 0 heterocycles. The van der Waals surface area contributed by atoms with Gasteiger partial charge in [-0.3, -0.25) is 0 Å². The van der Waals surface area contributed by atoms with E-state index in [9.17, 15) is 4.21 Å². The van der Waals surface area contributed by atoms with E-state index in [1.165, 1.54) is 5.56 Å². The fourth-order valence-electron chi connectivity index (χ4n) is 2.13. The van der Waals surface area contributed by atoms with Gasteiger partial charge in [0.25, 0.3) is 0 Å². The Hall–Kier alpha value is -1.67. The van der Waals surface area contributed by atoms with E-state index in [1.807, 2.05) is 61.5 Å². The topological polar surface area (TPSA) is 17.1 Å². The molecule has 110 valence electrons. The molecular formula is C19H22OS. The van der Waals surface area contributed by atoms with Crippen LogP contribution in [0.5, 0.6) is 0 Å². The Morgan fingerprint density at radius 1 is 1.05 bits per heavy atom. The van der Waals surface area contributed by atoms with Gasteiger partial charge in [0, 0.05) is 9.80 Å². The van der Waals surface area contributed by atoms with Gasteiger partial charge in [0.2, 0.25) is 0 Å². The molecule has 2 heteroatoms. The largest absolute Gasteiger partial charge is 0.249 e. The number of benzene rings is 2. The summed E-state index contributed by atoms with van der Waals surface area (Å²) in [6, 6.07) is 18.0. The fraction of sp³-hybridized carbons (Fsp3) is 0.263. The Morgan fingerprint density at radius 3 is 2.33 bits per heavy atom. The van der Waals surface area contributed by atoms with Crippen LogP contribution >= 0.6 is 0 Å². The number of rotatable bonds is 6. The van der Waals surface area contributed by atoms with Crippen molar-refractivity contribution in [3.05, 3.63) is 71.8 Å². The van der Waals surface area contributed by atoms with Crippen molar-refractivity contribution in [2.75, 3.05) is 0 Å². The zero-order valence-corrected chi connectivity index (χ0v) is 13.5. The Balaban J connectivity index is 2.33. The maximum Gasteiger partial charge on any atom is 0.0852 e. The quantitative estimate of drug-likeness (QED) is 0.658. The summed E-state index contributed by atoms with van der Waals surface area (Å²) in [5.41, 5.74) is 2.24. The highest BCUT2D eigenvalue weighted by Gasteiger charge is 2.12. The second-order valence-electron chi connectivity index (χ2n) is 5.16. The number of hydrogen-bond donors (Lipinski definition) is 0.